The molecule has 0 radical (unpaired) electrons. The summed E-state index contributed by atoms with van der Waals surface area (Å²) in [6, 6.07) is 6.70. The Bertz CT molecular complexity index is 1080. The third-order valence-corrected chi connectivity index (χ3v) is 3.84. The van der Waals surface area contributed by atoms with E-state index in [-0.39, 0.29) is 5.76 Å². The number of esters is 1. The number of nitrogens with one attached hydrogen (secondary N) is 1. The number of hydrogen-bond acceptors (Lipinski definition) is 4. The van der Waals surface area contributed by atoms with Crippen molar-refractivity contribution in [1.82, 2.24) is 0 Å². The highest BCUT2D eigenvalue weighted by molar-refractivity contribution is 5.98. The van der Waals surface area contributed by atoms with Crippen LogP contribution in [0.4, 0.5) is 27.6 Å². The zero-order valence-electron chi connectivity index (χ0n) is 14.0. The average molecular weight is 399 g/mol. The van der Waals surface area contributed by atoms with Crippen molar-refractivity contribution in [2.45, 2.75) is 6.92 Å². The molecule has 3 rings (SSSR count). The predicted molar refractivity (Wildman–Crippen MR) is 86.1 cm³/mol. The lowest BCUT2D eigenvalue weighted by molar-refractivity contribution is -0.119. The van der Waals surface area contributed by atoms with Crippen LogP contribution in [0.15, 0.2) is 28.7 Å². The molecule has 1 N–H and O–H groups in total. The van der Waals surface area contributed by atoms with Gasteiger partial charge in [0.2, 0.25) is 11.6 Å². The SMILES string of the molecule is Cc1c(C(=O)OCC(=O)Nc2c(F)c(F)c(F)c(F)c2F)oc2ccccc12. The molecule has 0 aliphatic rings. The second kappa shape index (κ2) is 7.29. The van der Waals surface area contributed by atoms with Crippen LogP contribution in [0, 0.1) is 36.0 Å². The molecular formula is C18H10F5NO4. The maximum absolute atomic E-state index is 13.5. The van der Waals surface area contributed by atoms with E-state index in [2.05, 4.69) is 4.74 Å². The summed E-state index contributed by atoms with van der Waals surface area (Å²) in [5.74, 6) is -13.8. The Kier molecular flexibility index (Phi) is 5.04. The summed E-state index contributed by atoms with van der Waals surface area (Å²) in [5, 5.41) is 2.13. The van der Waals surface area contributed by atoms with Gasteiger partial charge in [-0.25, -0.2) is 26.7 Å². The maximum Gasteiger partial charge on any atom is 0.375 e. The van der Waals surface area contributed by atoms with Crippen LogP contribution < -0.4 is 5.32 Å². The molecule has 1 aromatic heterocycles. The van der Waals surface area contributed by atoms with E-state index < -0.39 is 53.3 Å². The number of carbonyl (C=O) groups is 2. The van der Waals surface area contributed by atoms with Crippen LogP contribution in [-0.4, -0.2) is 18.5 Å². The highest BCUT2D eigenvalue weighted by Gasteiger charge is 2.27. The van der Waals surface area contributed by atoms with E-state index in [1.54, 1.807) is 31.2 Å². The van der Waals surface area contributed by atoms with Crippen molar-refractivity contribution in [2.75, 3.05) is 11.9 Å². The quantitative estimate of drug-likeness (QED) is 0.309. The first-order valence-electron chi connectivity index (χ1n) is 7.69. The standard InChI is InChI=1S/C18H10F5NO4/c1-7-8-4-2-3-5-9(8)28-17(7)18(26)27-6-10(25)24-16-14(22)12(20)11(19)13(21)15(16)23/h2-5H,6H2,1H3,(H,24,25). The first-order valence-corrected chi connectivity index (χ1v) is 7.69. The number of ether oxygens (including phenoxy) is 1. The minimum absolute atomic E-state index is 0.190. The van der Waals surface area contributed by atoms with Gasteiger partial charge in [0.1, 0.15) is 11.3 Å². The molecular weight excluding hydrogens is 389 g/mol. The number of amides is 1. The average Bonchev–Trinajstić information content (AvgIpc) is 3.03. The van der Waals surface area contributed by atoms with E-state index in [1.807, 2.05) is 0 Å². The molecule has 146 valence electrons. The number of para-hydroxylation sites is 1. The van der Waals surface area contributed by atoms with Gasteiger partial charge < -0.3 is 14.5 Å². The fourth-order valence-corrected chi connectivity index (χ4v) is 2.46. The summed E-state index contributed by atoms with van der Waals surface area (Å²) >= 11 is 0. The van der Waals surface area contributed by atoms with Crippen LogP contribution in [0.25, 0.3) is 11.0 Å². The summed E-state index contributed by atoms with van der Waals surface area (Å²) < 4.78 is 76.3. The molecule has 0 bridgehead atoms. The number of furan rings is 1. The summed E-state index contributed by atoms with van der Waals surface area (Å²) in [6.07, 6.45) is 0. The predicted octanol–water partition coefficient (Wildman–Crippen LogP) is 4.23. The summed E-state index contributed by atoms with van der Waals surface area (Å²) in [4.78, 5) is 23.8. The van der Waals surface area contributed by atoms with Crippen molar-refractivity contribution in [1.29, 1.82) is 0 Å². The zero-order chi connectivity index (χ0) is 20.6. The minimum atomic E-state index is -2.36. The Labute approximate surface area is 153 Å². The van der Waals surface area contributed by atoms with Gasteiger partial charge in [0.15, 0.2) is 29.9 Å². The third-order valence-electron chi connectivity index (χ3n) is 3.84. The van der Waals surface area contributed by atoms with Crippen molar-refractivity contribution in [3.63, 3.8) is 0 Å². The van der Waals surface area contributed by atoms with E-state index in [4.69, 9.17) is 4.42 Å². The van der Waals surface area contributed by atoms with Crippen molar-refractivity contribution in [3.05, 3.63) is 64.7 Å². The van der Waals surface area contributed by atoms with E-state index in [1.165, 1.54) is 5.32 Å². The van der Waals surface area contributed by atoms with Gasteiger partial charge in [-0.15, -0.1) is 0 Å². The molecule has 0 aliphatic heterocycles. The summed E-state index contributed by atoms with van der Waals surface area (Å²) in [5.41, 5.74) is -0.698. The van der Waals surface area contributed by atoms with Crippen molar-refractivity contribution >= 4 is 28.5 Å². The van der Waals surface area contributed by atoms with Crippen molar-refractivity contribution in [2.24, 2.45) is 0 Å². The second-order valence-electron chi connectivity index (χ2n) is 5.62. The molecule has 1 amide bonds. The maximum atomic E-state index is 13.5. The number of carbonyl (C=O) groups excluding carboxylic acids is 2. The molecule has 3 aromatic rings. The lowest BCUT2D eigenvalue weighted by atomic mass is 10.1. The normalized spacial score (nSPS) is 10.9. The largest absolute Gasteiger partial charge is 0.450 e. The number of fused-ring (bicyclic) bond motifs is 1. The number of rotatable bonds is 4. The lowest BCUT2D eigenvalue weighted by Crippen LogP contribution is -2.23. The topological polar surface area (TPSA) is 68.5 Å². The monoisotopic (exact) mass is 399 g/mol. The van der Waals surface area contributed by atoms with Crippen LogP contribution in [0.2, 0.25) is 0 Å². The van der Waals surface area contributed by atoms with Crippen molar-refractivity contribution < 1.29 is 40.7 Å². The van der Waals surface area contributed by atoms with Gasteiger partial charge in [-0.3, -0.25) is 4.79 Å². The van der Waals surface area contributed by atoms with Gasteiger partial charge in [0.05, 0.1) is 0 Å². The first-order chi connectivity index (χ1) is 13.2. The van der Waals surface area contributed by atoms with Crippen LogP contribution in [0.5, 0.6) is 0 Å². The Balaban J connectivity index is 1.73. The third kappa shape index (κ3) is 3.28. The lowest BCUT2D eigenvalue weighted by Gasteiger charge is -2.10. The molecule has 0 spiro atoms. The van der Waals surface area contributed by atoms with Crippen LogP contribution in [0.3, 0.4) is 0 Å². The van der Waals surface area contributed by atoms with Gasteiger partial charge in [-0.05, 0) is 13.0 Å². The molecule has 28 heavy (non-hydrogen) atoms. The zero-order valence-corrected chi connectivity index (χ0v) is 14.0. The fraction of sp³-hybridized carbons (Fsp3) is 0.111. The molecule has 10 heteroatoms. The molecule has 0 unspecified atom stereocenters. The van der Waals surface area contributed by atoms with Crippen LogP contribution >= 0.6 is 0 Å². The molecule has 0 saturated carbocycles. The number of benzene rings is 2. The van der Waals surface area contributed by atoms with E-state index >= 15 is 0 Å². The van der Waals surface area contributed by atoms with E-state index in [9.17, 15) is 31.5 Å². The second-order valence-corrected chi connectivity index (χ2v) is 5.62. The minimum Gasteiger partial charge on any atom is -0.450 e. The Morgan fingerprint density at radius 3 is 2.14 bits per heavy atom. The molecule has 5 nitrogen and oxygen atoms in total. The fourth-order valence-electron chi connectivity index (χ4n) is 2.46. The smallest absolute Gasteiger partial charge is 0.375 e. The number of aryl methyl sites for hydroxylation is 1. The molecule has 0 atom stereocenters. The van der Waals surface area contributed by atoms with E-state index in [0.29, 0.717) is 16.5 Å². The van der Waals surface area contributed by atoms with E-state index in [0.717, 1.165) is 0 Å². The number of hydrogen-bond donors (Lipinski definition) is 1. The van der Waals surface area contributed by atoms with Gasteiger partial charge in [0.25, 0.3) is 5.91 Å². The summed E-state index contributed by atoms with van der Waals surface area (Å²) in [7, 11) is 0. The number of halogens is 5. The van der Waals surface area contributed by atoms with Gasteiger partial charge in [-0.2, -0.15) is 0 Å². The molecule has 1 heterocycles. The number of anilines is 1. The molecule has 2 aromatic carbocycles. The summed E-state index contributed by atoms with van der Waals surface area (Å²) in [6.45, 7) is 0.534. The van der Waals surface area contributed by atoms with Crippen LogP contribution in [0.1, 0.15) is 16.1 Å². The van der Waals surface area contributed by atoms with Crippen LogP contribution in [-0.2, 0) is 9.53 Å². The Morgan fingerprint density at radius 1 is 0.964 bits per heavy atom. The Morgan fingerprint density at radius 2 is 1.54 bits per heavy atom. The Hall–Kier alpha value is -3.43. The highest BCUT2D eigenvalue weighted by Crippen LogP contribution is 2.27. The molecule has 0 saturated heterocycles. The molecule has 0 aliphatic carbocycles. The van der Waals surface area contributed by atoms with Gasteiger partial charge in [0, 0.05) is 10.9 Å². The van der Waals surface area contributed by atoms with Gasteiger partial charge >= 0.3 is 5.97 Å². The highest BCUT2D eigenvalue weighted by atomic mass is 19.2. The molecule has 0 fully saturated rings. The van der Waals surface area contributed by atoms with Crippen molar-refractivity contribution in [3.8, 4) is 0 Å². The first kappa shape index (κ1) is 19.3. The van der Waals surface area contributed by atoms with Gasteiger partial charge in [-0.1, -0.05) is 18.2 Å².